The smallest absolute Gasteiger partial charge is 0.252 e. The van der Waals surface area contributed by atoms with Gasteiger partial charge in [-0.2, -0.15) is 5.10 Å². The number of carbonyl (C=O) groups excluding carboxylic acids is 1. The number of fused-ring (bicyclic) bond motifs is 1. The number of nitrogens with zero attached hydrogens (tertiary/aromatic N) is 4. The van der Waals surface area contributed by atoms with Crippen LogP contribution in [0.1, 0.15) is 48.8 Å². The highest BCUT2D eigenvalue weighted by molar-refractivity contribution is 5.98. The van der Waals surface area contributed by atoms with Crippen LogP contribution in [0.4, 0.5) is 21.8 Å². The van der Waals surface area contributed by atoms with Crippen LogP contribution in [0.2, 0.25) is 0 Å². The lowest BCUT2D eigenvalue weighted by molar-refractivity contribution is 0.100. The van der Waals surface area contributed by atoms with E-state index < -0.39 is 11.7 Å². The fourth-order valence-corrected chi connectivity index (χ4v) is 4.04. The molecule has 1 amide bonds. The summed E-state index contributed by atoms with van der Waals surface area (Å²) in [5, 5.41) is 11.0. The Hall–Kier alpha value is -3.10. The average Bonchev–Trinajstić information content (AvgIpc) is 3.02. The van der Waals surface area contributed by atoms with Crippen LogP contribution in [0.25, 0.3) is 6.08 Å². The van der Waals surface area contributed by atoms with Gasteiger partial charge in [0.1, 0.15) is 11.6 Å². The number of nitrogens with two attached hydrogens (primary N) is 1. The van der Waals surface area contributed by atoms with Gasteiger partial charge < -0.3 is 21.3 Å². The highest BCUT2D eigenvalue weighted by Crippen LogP contribution is 2.30. The molecule has 0 saturated carbocycles. The van der Waals surface area contributed by atoms with E-state index >= 15 is 0 Å². The van der Waals surface area contributed by atoms with Gasteiger partial charge in [-0.1, -0.05) is 26.8 Å². The molecule has 0 saturated heterocycles. The highest BCUT2D eigenvalue weighted by Gasteiger charge is 2.25. The minimum absolute atomic E-state index is 0.0267. The Balaban J connectivity index is 1.92. The van der Waals surface area contributed by atoms with E-state index in [-0.39, 0.29) is 29.3 Å². The Kier molecular flexibility index (Phi) is 6.52. The largest absolute Gasteiger partial charge is 0.365 e. The fraction of sp³-hybridized carbons (Fsp3) is 0.500. The zero-order chi connectivity index (χ0) is 22.9. The molecular weight excluding hydrogens is 397 g/mol. The van der Waals surface area contributed by atoms with Gasteiger partial charge >= 0.3 is 0 Å². The van der Waals surface area contributed by atoms with E-state index in [4.69, 9.17) is 5.73 Å². The van der Waals surface area contributed by atoms with Crippen LogP contribution in [-0.4, -0.2) is 46.9 Å². The molecule has 1 aliphatic carbocycles. The van der Waals surface area contributed by atoms with Crippen molar-refractivity contribution >= 4 is 29.4 Å². The minimum Gasteiger partial charge on any atom is -0.365 e. The molecule has 0 radical (unpaired) electrons. The lowest BCUT2D eigenvalue weighted by Gasteiger charge is -2.24. The maximum absolute atomic E-state index is 14.7. The second-order valence-electron chi connectivity index (χ2n) is 8.50. The quantitative estimate of drug-likeness (QED) is 0.596. The number of anilines is 3. The van der Waals surface area contributed by atoms with Gasteiger partial charge in [-0.15, -0.1) is 0 Å². The van der Waals surface area contributed by atoms with Crippen molar-refractivity contribution in [2.45, 2.75) is 45.7 Å². The highest BCUT2D eigenvalue weighted by atomic mass is 19.1. The second kappa shape index (κ2) is 8.95. The monoisotopic (exact) mass is 429 g/mol. The number of carbonyl (C=O) groups is 1. The average molecular weight is 430 g/mol. The van der Waals surface area contributed by atoms with Gasteiger partial charge in [-0.3, -0.25) is 9.48 Å². The van der Waals surface area contributed by atoms with Crippen LogP contribution in [0.5, 0.6) is 0 Å². The molecule has 0 aliphatic heterocycles. The molecule has 1 aliphatic rings. The zero-order valence-electron chi connectivity index (χ0n) is 19.0. The van der Waals surface area contributed by atoms with Crippen molar-refractivity contribution in [1.82, 2.24) is 14.8 Å². The van der Waals surface area contributed by atoms with Crippen LogP contribution in [-0.2, 0) is 13.5 Å². The van der Waals surface area contributed by atoms with Crippen LogP contribution in [0, 0.1) is 11.7 Å². The van der Waals surface area contributed by atoms with Crippen molar-refractivity contribution in [3.63, 3.8) is 0 Å². The lowest BCUT2D eigenvalue weighted by atomic mass is 9.98. The van der Waals surface area contributed by atoms with Crippen LogP contribution >= 0.6 is 0 Å². The summed E-state index contributed by atoms with van der Waals surface area (Å²) in [6, 6.07) is 1.07. The summed E-state index contributed by atoms with van der Waals surface area (Å²) in [6.07, 6.45) is 5.39. The first kappa shape index (κ1) is 22.6. The predicted molar refractivity (Wildman–Crippen MR) is 123 cm³/mol. The van der Waals surface area contributed by atoms with Gasteiger partial charge in [0.2, 0.25) is 0 Å². The molecule has 0 bridgehead atoms. The van der Waals surface area contributed by atoms with Gasteiger partial charge in [0.05, 0.1) is 17.3 Å². The van der Waals surface area contributed by atoms with E-state index in [2.05, 4.69) is 34.6 Å². The number of aryl methyl sites for hydroxylation is 1. The van der Waals surface area contributed by atoms with Gasteiger partial charge in [0.15, 0.2) is 11.6 Å². The van der Waals surface area contributed by atoms with E-state index in [9.17, 15) is 9.18 Å². The van der Waals surface area contributed by atoms with Crippen LogP contribution in [0.15, 0.2) is 12.1 Å². The third-order valence-electron chi connectivity index (χ3n) is 5.61. The number of amides is 1. The van der Waals surface area contributed by atoms with E-state index in [0.717, 1.165) is 29.6 Å². The molecule has 0 aromatic carbocycles. The normalized spacial score (nSPS) is 16.2. The number of nitrogens with one attached hydrogen (secondary N) is 2. The Morgan fingerprint density at radius 1 is 1.39 bits per heavy atom. The molecule has 2 unspecified atom stereocenters. The van der Waals surface area contributed by atoms with E-state index in [1.54, 1.807) is 0 Å². The molecule has 2 atom stereocenters. The Labute approximate surface area is 182 Å². The third-order valence-corrected chi connectivity index (χ3v) is 5.61. The molecule has 0 fully saturated rings. The molecule has 2 heterocycles. The summed E-state index contributed by atoms with van der Waals surface area (Å²) in [6.45, 7) is 6.17. The molecule has 4 N–H and O–H groups in total. The first-order valence-electron chi connectivity index (χ1n) is 10.6. The maximum Gasteiger partial charge on any atom is 0.252 e. The topological polar surface area (TPSA) is 101 Å². The number of hydrogen-bond donors (Lipinski definition) is 3. The second-order valence-corrected chi connectivity index (χ2v) is 8.50. The van der Waals surface area contributed by atoms with Crippen LogP contribution < -0.4 is 21.3 Å². The first-order valence-corrected chi connectivity index (χ1v) is 10.6. The van der Waals surface area contributed by atoms with Gasteiger partial charge in [0, 0.05) is 39.2 Å². The molecular formula is C22H32FN7O. The van der Waals surface area contributed by atoms with Crippen molar-refractivity contribution < 1.29 is 9.18 Å². The number of pyridine rings is 1. The zero-order valence-corrected chi connectivity index (χ0v) is 19.0. The van der Waals surface area contributed by atoms with E-state index in [1.165, 1.54) is 0 Å². The standard InChI is InChI=1S/C22H32FN7O/c1-7-17(12(2)3)26-21-16(23)11-15(19(24)31)20(27-21)25-13-8-9-18-14(10-13)22(29(4)5)30(6)28-18/h8-9,11-13,17H,7,10H2,1-6H3,(H2,24,31)(H2,25,26,27). The maximum atomic E-state index is 14.7. The number of aromatic nitrogens is 3. The summed E-state index contributed by atoms with van der Waals surface area (Å²) in [7, 11) is 5.86. The Bertz CT molecular complexity index is 996. The lowest BCUT2D eigenvalue weighted by Crippen LogP contribution is -2.29. The molecule has 2 aromatic heterocycles. The SMILES string of the molecule is CCC(Nc1nc(NC2C=Cc3nn(C)c(N(C)C)c3C2)c(C(N)=O)cc1F)C(C)C. The number of hydrogen-bond acceptors (Lipinski definition) is 6. The molecule has 31 heavy (non-hydrogen) atoms. The van der Waals surface area contributed by atoms with Crippen molar-refractivity contribution in [2.75, 3.05) is 29.6 Å². The molecule has 3 rings (SSSR count). The summed E-state index contributed by atoms with van der Waals surface area (Å²) in [5.41, 5.74) is 7.55. The summed E-state index contributed by atoms with van der Waals surface area (Å²) >= 11 is 0. The summed E-state index contributed by atoms with van der Waals surface area (Å²) < 4.78 is 16.5. The predicted octanol–water partition coefficient (Wildman–Crippen LogP) is 3.02. The van der Waals surface area contributed by atoms with Gasteiger partial charge in [-0.05, 0) is 24.5 Å². The number of halogens is 1. The number of rotatable bonds is 8. The number of primary amides is 1. The molecule has 2 aromatic rings. The fourth-order valence-electron chi connectivity index (χ4n) is 4.04. The van der Waals surface area contributed by atoms with Crippen molar-refractivity contribution in [2.24, 2.45) is 18.7 Å². The van der Waals surface area contributed by atoms with Crippen molar-refractivity contribution in [3.8, 4) is 0 Å². The summed E-state index contributed by atoms with van der Waals surface area (Å²) in [5.74, 6) is 0.369. The van der Waals surface area contributed by atoms with Gasteiger partial charge in [0.25, 0.3) is 5.91 Å². The van der Waals surface area contributed by atoms with Gasteiger partial charge in [-0.25, -0.2) is 9.37 Å². The molecule has 168 valence electrons. The van der Waals surface area contributed by atoms with E-state index in [1.807, 2.05) is 49.8 Å². The molecule has 9 heteroatoms. The van der Waals surface area contributed by atoms with Crippen molar-refractivity contribution in [1.29, 1.82) is 0 Å². The first-order chi connectivity index (χ1) is 14.6. The van der Waals surface area contributed by atoms with E-state index in [0.29, 0.717) is 12.3 Å². The minimum atomic E-state index is -0.729. The molecule has 8 nitrogen and oxygen atoms in total. The third kappa shape index (κ3) is 4.65. The Morgan fingerprint density at radius 2 is 2.10 bits per heavy atom. The summed E-state index contributed by atoms with van der Waals surface area (Å²) in [4.78, 5) is 18.4. The molecule has 0 spiro atoms. The van der Waals surface area contributed by atoms with Crippen LogP contribution in [0.3, 0.4) is 0 Å². The van der Waals surface area contributed by atoms with Crippen molar-refractivity contribution in [3.05, 3.63) is 34.8 Å². The Morgan fingerprint density at radius 3 is 2.68 bits per heavy atom.